The van der Waals surface area contributed by atoms with Gasteiger partial charge in [0.1, 0.15) is 5.82 Å². The molecule has 0 saturated heterocycles. The van der Waals surface area contributed by atoms with Crippen molar-refractivity contribution in [1.82, 2.24) is 4.57 Å². The lowest BCUT2D eigenvalue weighted by atomic mass is 9.88. The molecule has 2 rings (SSSR count). The summed E-state index contributed by atoms with van der Waals surface area (Å²) in [6.45, 7) is 0. The third-order valence-electron chi connectivity index (χ3n) is 3.33. The van der Waals surface area contributed by atoms with Crippen molar-refractivity contribution >= 4 is 15.9 Å². The van der Waals surface area contributed by atoms with E-state index in [-0.39, 0.29) is 12.0 Å². The molecule has 0 spiro atoms. The number of benzene rings is 1. The van der Waals surface area contributed by atoms with Gasteiger partial charge in [-0.1, -0.05) is 12.0 Å². The fourth-order valence-corrected chi connectivity index (χ4v) is 2.42. The first kappa shape index (κ1) is 16.4. The number of halogens is 4. The Labute approximate surface area is 133 Å². The summed E-state index contributed by atoms with van der Waals surface area (Å²) < 4.78 is 42.9. The van der Waals surface area contributed by atoms with E-state index in [9.17, 15) is 18.0 Å². The second-order valence-electron chi connectivity index (χ2n) is 4.66. The molecule has 1 heterocycles. The maximum atomic E-state index is 14.1. The van der Waals surface area contributed by atoms with Crippen LogP contribution in [0.1, 0.15) is 23.5 Å². The Balaban J connectivity index is 2.71. The minimum Gasteiger partial charge on any atom is -0.318 e. The van der Waals surface area contributed by atoms with Crippen LogP contribution in [0.25, 0.3) is 0 Å². The van der Waals surface area contributed by atoms with Crippen LogP contribution in [-0.2, 0) is 7.05 Å². The SMILES string of the molecule is Cn1cccc(C(CC#CBr)c2c(F)ccc(F)c2F)c1=O. The van der Waals surface area contributed by atoms with Crippen LogP contribution < -0.4 is 5.56 Å². The Kier molecular flexibility index (Phi) is 5.09. The molecule has 2 aromatic rings. The fourth-order valence-electron chi connectivity index (χ4n) is 2.25. The largest absolute Gasteiger partial charge is 0.318 e. The number of hydrogen-bond acceptors (Lipinski definition) is 1. The summed E-state index contributed by atoms with van der Waals surface area (Å²) in [4.78, 5) is 14.7. The molecule has 114 valence electrons. The van der Waals surface area contributed by atoms with Crippen molar-refractivity contribution in [1.29, 1.82) is 0 Å². The smallest absolute Gasteiger partial charge is 0.254 e. The van der Waals surface area contributed by atoms with E-state index in [0.717, 1.165) is 6.07 Å². The average Bonchev–Trinajstić information content (AvgIpc) is 2.50. The lowest BCUT2D eigenvalue weighted by Crippen LogP contribution is -2.24. The highest BCUT2D eigenvalue weighted by Gasteiger charge is 2.26. The molecular weight excluding hydrogens is 359 g/mol. The van der Waals surface area contributed by atoms with E-state index in [1.165, 1.54) is 23.9 Å². The third-order valence-corrected chi connectivity index (χ3v) is 3.61. The van der Waals surface area contributed by atoms with Crippen molar-refractivity contribution in [3.63, 3.8) is 0 Å². The molecule has 1 unspecified atom stereocenters. The number of rotatable bonds is 3. The van der Waals surface area contributed by atoms with Gasteiger partial charge in [0.25, 0.3) is 5.56 Å². The summed E-state index contributed by atoms with van der Waals surface area (Å²) in [7, 11) is 1.53. The summed E-state index contributed by atoms with van der Waals surface area (Å²) in [5.41, 5.74) is -0.742. The molecule has 6 heteroatoms. The molecule has 0 fully saturated rings. The first-order valence-electron chi connectivity index (χ1n) is 6.34. The van der Waals surface area contributed by atoms with Crippen molar-refractivity contribution in [2.45, 2.75) is 12.3 Å². The lowest BCUT2D eigenvalue weighted by molar-refractivity contribution is 0.472. The number of nitrogens with zero attached hydrogens (tertiary/aromatic N) is 1. The summed E-state index contributed by atoms with van der Waals surface area (Å²) in [5.74, 6) is -1.75. The maximum Gasteiger partial charge on any atom is 0.254 e. The highest BCUT2D eigenvalue weighted by atomic mass is 79.9. The van der Waals surface area contributed by atoms with Crippen molar-refractivity contribution in [2.75, 3.05) is 0 Å². The molecule has 2 nitrogen and oxygen atoms in total. The molecule has 0 aliphatic rings. The Bertz CT molecular complexity index is 820. The van der Waals surface area contributed by atoms with Gasteiger partial charge in [0.2, 0.25) is 0 Å². The van der Waals surface area contributed by atoms with Crippen LogP contribution in [-0.4, -0.2) is 4.57 Å². The molecule has 22 heavy (non-hydrogen) atoms. The molecule has 0 radical (unpaired) electrons. The first-order valence-corrected chi connectivity index (χ1v) is 7.14. The van der Waals surface area contributed by atoms with E-state index in [1.807, 2.05) is 0 Å². The van der Waals surface area contributed by atoms with E-state index < -0.39 is 34.5 Å². The second-order valence-corrected chi connectivity index (χ2v) is 5.06. The van der Waals surface area contributed by atoms with E-state index in [0.29, 0.717) is 6.07 Å². The van der Waals surface area contributed by atoms with Gasteiger partial charge in [0.15, 0.2) is 11.6 Å². The fraction of sp³-hybridized carbons (Fsp3) is 0.188. The van der Waals surface area contributed by atoms with E-state index in [1.54, 1.807) is 6.07 Å². The molecule has 0 bridgehead atoms. The summed E-state index contributed by atoms with van der Waals surface area (Å²) in [5, 5.41) is 0. The molecule has 1 atom stereocenters. The standard InChI is InChI=1S/C16H11BrF3NO/c1-21-9-3-5-11(16(21)22)10(4-2-8-17)14-12(18)6-7-13(19)15(14)20/h3,5-7,9-10H,4H2,1H3. The van der Waals surface area contributed by atoms with Gasteiger partial charge in [-0.05, 0) is 23.0 Å². The van der Waals surface area contributed by atoms with Crippen LogP contribution in [0.2, 0.25) is 0 Å². The summed E-state index contributed by atoms with van der Waals surface area (Å²) in [6.07, 6.45) is 1.50. The van der Waals surface area contributed by atoms with E-state index in [4.69, 9.17) is 0 Å². The summed E-state index contributed by atoms with van der Waals surface area (Å²) in [6, 6.07) is 4.60. The monoisotopic (exact) mass is 369 g/mol. The van der Waals surface area contributed by atoms with Crippen LogP contribution in [0.4, 0.5) is 13.2 Å². The van der Waals surface area contributed by atoms with Crippen molar-refractivity contribution in [3.8, 4) is 10.8 Å². The highest BCUT2D eigenvalue weighted by Crippen LogP contribution is 2.31. The zero-order valence-corrected chi connectivity index (χ0v) is 13.1. The first-order chi connectivity index (χ1) is 10.5. The molecule has 1 aromatic heterocycles. The van der Waals surface area contributed by atoms with Gasteiger partial charge in [-0.3, -0.25) is 4.79 Å². The van der Waals surface area contributed by atoms with Gasteiger partial charge in [-0.25, -0.2) is 13.2 Å². The quantitative estimate of drug-likeness (QED) is 0.597. The predicted molar refractivity (Wildman–Crippen MR) is 81.2 cm³/mol. The zero-order chi connectivity index (χ0) is 16.3. The number of pyridine rings is 1. The normalized spacial score (nSPS) is 11.7. The molecule has 0 amide bonds. The third kappa shape index (κ3) is 3.09. The van der Waals surface area contributed by atoms with Gasteiger partial charge in [0, 0.05) is 52.6 Å². The minimum absolute atomic E-state index is 0.0260. The van der Waals surface area contributed by atoms with Gasteiger partial charge >= 0.3 is 0 Å². The van der Waals surface area contributed by atoms with Gasteiger partial charge < -0.3 is 4.57 Å². The number of aromatic nitrogens is 1. The Hall–Kier alpha value is -2.00. The number of aryl methyl sites for hydroxylation is 1. The van der Waals surface area contributed by atoms with Crippen LogP contribution in [0, 0.1) is 28.2 Å². The van der Waals surface area contributed by atoms with E-state index >= 15 is 0 Å². The Morgan fingerprint density at radius 3 is 2.59 bits per heavy atom. The molecule has 0 aliphatic carbocycles. The molecular formula is C16H11BrF3NO. The van der Waals surface area contributed by atoms with Crippen molar-refractivity contribution < 1.29 is 13.2 Å². The molecule has 0 N–H and O–H groups in total. The molecule has 0 aliphatic heterocycles. The van der Waals surface area contributed by atoms with Crippen molar-refractivity contribution in [3.05, 3.63) is 69.4 Å². The second kappa shape index (κ2) is 6.84. The van der Waals surface area contributed by atoms with Gasteiger partial charge in [-0.2, -0.15) is 0 Å². The average molecular weight is 370 g/mol. The zero-order valence-electron chi connectivity index (χ0n) is 11.5. The topological polar surface area (TPSA) is 22.0 Å². The van der Waals surface area contributed by atoms with Gasteiger partial charge in [-0.15, -0.1) is 0 Å². The Morgan fingerprint density at radius 1 is 1.23 bits per heavy atom. The summed E-state index contributed by atoms with van der Waals surface area (Å²) >= 11 is 2.90. The lowest BCUT2D eigenvalue weighted by Gasteiger charge is -2.17. The van der Waals surface area contributed by atoms with Crippen LogP contribution in [0.15, 0.2) is 35.3 Å². The minimum atomic E-state index is -1.30. The van der Waals surface area contributed by atoms with Crippen LogP contribution in [0.5, 0.6) is 0 Å². The molecule has 1 aromatic carbocycles. The van der Waals surface area contributed by atoms with Gasteiger partial charge in [0.05, 0.1) is 0 Å². The Morgan fingerprint density at radius 2 is 1.91 bits per heavy atom. The maximum absolute atomic E-state index is 14.1. The predicted octanol–water partition coefficient (Wildman–Crippen LogP) is 3.68. The highest BCUT2D eigenvalue weighted by molar-refractivity contribution is 9.12. The number of hydrogen-bond donors (Lipinski definition) is 0. The van der Waals surface area contributed by atoms with Crippen LogP contribution >= 0.6 is 15.9 Å². The molecule has 0 saturated carbocycles. The van der Waals surface area contributed by atoms with Crippen LogP contribution in [0.3, 0.4) is 0 Å². The van der Waals surface area contributed by atoms with Crippen molar-refractivity contribution in [2.24, 2.45) is 7.05 Å². The van der Waals surface area contributed by atoms with E-state index in [2.05, 4.69) is 26.7 Å².